The number of rotatable bonds is 11. The zero-order valence-electron chi connectivity index (χ0n) is 21.9. The van der Waals surface area contributed by atoms with Crippen molar-refractivity contribution >= 4 is 27.5 Å². The molecule has 0 bridgehead atoms. The van der Waals surface area contributed by atoms with Gasteiger partial charge in [0.2, 0.25) is 21.8 Å². The van der Waals surface area contributed by atoms with Gasteiger partial charge in [0.25, 0.3) is 0 Å². The summed E-state index contributed by atoms with van der Waals surface area (Å²) in [5.41, 5.74) is 7.65. The molecule has 0 aromatic heterocycles. The van der Waals surface area contributed by atoms with Crippen LogP contribution in [0.15, 0.2) is 54.6 Å². The number of sulfonamides is 1. The molecule has 2 amide bonds. The lowest BCUT2D eigenvalue weighted by molar-refractivity contribution is -0.138. The molecule has 0 radical (unpaired) electrons. The number of amides is 2. The number of hydrogen-bond donors (Lipinski definition) is 3. The van der Waals surface area contributed by atoms with E-state index < -0.39 is 21.6 Å². The second-order valence-corrected chi connectivity index (χ2v) is 12.0. The number of benzene rings is 2. The Labute approximate surface area is 220 Å². The molecular formula is C27H39N5O4S. The monoisotopic (exact) mass is 529 g/mol. The van der Waals surface area contributed by atoms with Crippen LogP contribution in [0.1, 0.15) is 37.8 Å². The van der Waals surface area contributed by atoms with E-state index in [-0.39, 0.29) is 17.6 Å². The number of hydrogen-bond acceptors (Lipinski definition) is 6. The molecule has 1 saturated heterocycles. The van der Waals surface area contributed by atoms with Crippen LogP contribution in [0.4, 0.5) is 5.69 Å². The second kappa shape index (κ2) is 12.5. The second-order valence-electron chi connectivity index (χ2n) is 10.0. The lowest BCUT2D eigenvalue weighted by Crippen LogP contribution is -2.58. The topological polar surface area (TPSA) is 125 Å². The fourth-order valence-electron chi connectivity index (χ4n) is 4.36. The van der Waals surface area contributed by atoms with Crippen molar-refractivity contribution in [1.29, 1.82) is 0 Å². The van der Waals surface area contributed by atoms with E-state index in [2.05, 4.69) is 27.1 Å². The van der Waals surface area contributed by atoms with Crippen molar-refractivity contribution in [2.75, 3.05) is 38.1 Å². The Morgan fingerprint density at radius 3 is 2.24 bits per heavy atom. The average Bonchev–Trinajstić information content (AvgIpc) is 2.88. The summed E-state index contributed by atoms with van der Waals surface area (Å²) in [5, 5.41) is 2.88. The standard InChI is InChI=1S/C27H39N5O4S/c1-27(2,28)26(34)30-23(14-9-12-21-10-5-4-6-11-21)25(33)32-18-16-31(17-19-32)24-15-8-7-13-22(24)20-37(35,36)29-3/h4-8,10-11,13,15,23,29H,9,12,14,16-20,28H2,1-3H3,(H,30,34)/t23-/m1/s1. The molecule has 1 heterocycles. The summed E-state index contributed by atoms with van der Waals surface area (Å²) in [6.45, 7) is 5.33. The normalized spacial score (nSPS) is 15.4. The van der Waals surface area contributed by atoms with Crippen molar-refractivity contribution in [1.82, 2.24) is 14.9 Å². The fourth-order valence-corrected chi connectivity index (χ4v) is 5.16. The molecule has 9 nitrogen and oxygen atoms in total. The summed E-state index contributed by atoms with van der Waals surface area (Å²) in [4.78, 5) is 30.0. The molecule has 0 aliphatic carbocycles. The van der Waals surface area contributed by atoms with E-state index in [1.165, 1.54) is 12.6 Å². The van der Waals surface area contributed by atoms with Gasteiger partial charge in [-0.3, -0.25) is 9.59 Å². The lowest BCUT2D eigenvalue weighted by Gasteiger charge is -2.38. The van der Waals surface area contributed by atoms with Gasteiger partial charge >= 0.3 is 0 Å². The van der Waals surface area contributed by atoms with Crippen molar-refractivity contribution in [3.05, 3.63) is 65.7 Å². The van der Waals surface area contributed by atoms with Gasteiger partial charge in [-0.2, -0.15) is 0 Å². The zero-order chi connectivity index (χ0) is 27.1. The molecule has 0 spiro atoms. The summed E-state index contributed by atoms with van der Waals surface area (Å²) < 4.78 is 26.6. The molecule has 1 atom stereocenters. The highest BCUT2D eigenvalue weighted by molar-refractivity contribution is 7.88. The number of anilines is 1. The molecule has 1 fully saturated rings. The largest absolute Gasteiger partial charge is 0.368 e. The van der Waals surface area contributed by atoms with Crippen molar-refractivity contribution in [3.8, 4) is 0 Å². The van der Waals surface area contributed by atoms with Gasteiger partial charge in [0.1, 0.15) is 6.04 Å². The lowest BCUT2D eigenvalue weighted by atomic mass is 10.0. The van der Waals surface area contributed by atoms with E-state index in [1.54, 1.807) is 18.7 Å². The van der Waals surface area contributed by atoms with Crippen LogP contribution in [0.5, 0.6) is 0 Å². The third-order valence-corrected chi connectivity index (χ3v) is 7.88. The Hall–Kier alpha value is -2.95. The van der Waals surface area contributed by atoms with Crippen LogP contribution in [-0.2, 0) is 31.8 Å². The third kappa shape index (κ3) is 8.28. The van der Waals surface area contributed by atoms with Crippen LogP contribution < -0.4 is 20.7 Å². The quantitative estimate of drug-likeness (QED) is 0.406. The highest BCUT2D eigenvalue weighted by Gasteiger charge is 2.32. The minimum absolute atomic E-state index is 0.108. The summed E-state index contributed by atoms with van der Waals surface area (Å²) in [6, 6.07) is 16.8. The first-order valence-corrected chi connectivity index (χ1v) is 14.3. The number of nitrogens with zero attached hydrogens (tertiary/aromatic N) is 2. The van der Waals surface area contributed by atoms with Crippen LogP contribution >= 0.6 is 0 Å². The van der Waals surface area contributed by atoms with Gasteiger partial charge in [0.05, 0.1) is 11.3 Å². The van der Waals surface area contributed by atoms with E-state index in [4.69, 9.17) is 5.73 Å². The minimum Gasteiger partial charge on any atom is -0.368 e. The Kier molecular flexibility index (Phi) is 9.69. The number of para-hydroxylation sites is 1. The van der Waals surface area contributed by atoms with Crippen molar-refractivity contribution in [2.24, 2.45) is 5.73 Å². The van der Waals surface area contributed by atoms with E-state index in [1.807, 2.05) is 42.5 Å². The molecule has 37 heavy (non-hydrogen) atoms. The summed E-state index contributed by atoms with van der Waals surface area (Å²) in [6.07, 6.45) is 2.08. The molecule has 1 aliphatic rings. The van der Waals surface area contributed by atoms with Crippen LogP contribution in [0.2, 0.25) is 0 Å². The first-order chi connectivity index (χ1) is 17.5. The van der Waals surface area contributed by atoms with Gasteiger partial charge in [-0.05, 0) is 57.4 Å². The van der Waals surface area contributed by atoms with E-state index in [0.29, 0.717) is 38.2 Å². The Bertz CT molecular complexity index is 1160. The molecule has 0 unspecified atom stereocenters. The van der Waals surface area contributed by atoms with Gasteiger partial charge in [0.15, 0.2) is 0 Å². The average molecular weight is 530 g/mol. The van der Waals surface area contributed by atoms with Crippen LogP contribution in [0.25, 0.3) is 0 Å². The van der Waals surface area contributed by atoms with E-state index in [0.717, 1.165) is 18.5 Å². The van der Waals surface area contributed by atoms with Crippen LogP contribution in [-0.4, -0.2) is 69.9 Å². The number of carbonyl (C=O) groups is 2. The molecule has 3 rings (SSSR count). The number of carbonyl (C=O) groups excluding carboxylic acids is 2. The maximum absolute atomic E-state index is 13.5. The number of piperazine rings is 1. The van der Waals surface area contributed by atoms with Crippen LogP contribution in [0, 0.1) is 0 Å². The SMILES string of the molecule is CNS(=O)(=O)Cc1ccccc1N1CCN(C(=O)[C@@H](CCCc2ccccc2)NC(=O)C(C)(C)N)CC1. The number of nitrogens with two attached hydrogens (primary N) is 1. The van der Waals surface area contributed by atoms with Gasteiger partial charge in [-0.25, -0.2) is 13.1 Å². The molecule has 10 heteroatoms. The maximum Gasteiger partial charge on any atom is 0.245 e. The van der Waals surface area contributed by atoms with Crippen molar-refractivity contribution in [2.45, 2.75) is 50.4 Å². The maximum atomic E-state index is 13.5. The Morgan fingerprint density at radius 2 is 1.62 bits per heavy atom. The van der Waals surface area contributed by atoms with E-state index >= 15 is 0 Å². The predicted octanol–water partition coefficient (Wildman–Crippen LogP) is 1.63. The summed E-state index contributed by atoms with van der Waals surface area (Å²) in [7, 11) is -2.01. The summed E-state index contributed by atoms with van der Waals surface area (Å²) in [5.74, 6) is -0.580. The fraction of sp³-hybridized carbons (Fsp3) is 0.481. The molecule has 2 aromatic carbocycles. The highest BCUT2D eigenvalue weighted by atomic mass is 32.2. The third-order valence-electron chi connectivity index (χ3n) is 6.57. The highest BCUT2D eigenvalue weighted by Crippen LogP contribution is 2.24. The molecule has 4 N–H and O–H groups in total. The smallest absolute Gasteiger partial charge is 0.245 e. The van der Waals surface area contributed by atoms with Crippen molar-refractivity contribution in [3.63, 3.8) is 0 Å². The first-order valence-electron chi connectivity index (χ1n) is 12.7. The molecule has 1 aliphatic heterocycles. The predicted molar refractivity (Wildman–Crippen MR) is 146 cm³/mol. The Morgan fingerprint density at radius 1 is 1.00 bits per heavy atom. The van der Waals surface area contributed by atoms with Gasteiger partial charge in [-0.1, -0.05) is 48.5 Å². The van der Waals surface area contributed by atoms with Gasteiger partial charge in [-0.15, -0.1) is 0 Å². The Balaban J connectivity index is 1.66. The molecule has 2 aromatic rings. The van der Waals surface area contributed by atoms with Crippen molar-refractivity contribution < 1.29 is 18.0 Å². The van der Waals surface area contributed by atoms with Gasteiger partial charge < -0.3 is 20.9 Å². The number of nitrogens with one attached hydrogen (secondary N) is 2. The summed E-state index contributed by atoms with van der Waals surface area (Å²) >= 11 is 0. The molecular weight excluding hydrogens is 490 g/mol. The molecule has 202 valence electrons. The first kappa shape index (κ1) is 28.6. The molecule has 0 saturated carbocycles. The number of aryl methyl sites for hydroxylation is 1. The zero-order valence-corrected chi connectivity index (χ0v) is 22.8. The van der Waals surface area contributed by atoms with Gasteiger partial charge in [0, 0.05) is 31.9 Å². The minimum atomic E-state index is -3.41. The van der Waals surface area contributed by atoms with Crippen LogP contribution in [0.3, 0.4) is 0 Å². The van der Waals surface area contributed by atoms with E-state index in [9.17, 15) is 18.0 Å².